The number of fused-ring (bicyclic) bond motifs is 1. The molecule has 0 saturated heterocycles. The second-order valence-electron chi connectivity index (χ2n) is 4.52. The molecule has 6 heteroatoms. The molecule has 2 heterocycles. The summed E-state index contributed by atoms with van der Waals surface area (Å²) in [5, 5.41) is 0. The van der Waals surface area contributed by atoms with Crippen LogP contribution < -0.4 is 9.64 Å². The van der Waals surface area contributed by atoms with Gasteiger partial charge in [0.15, 0.2) is 0 Å². The minimum Gasteiger partial charge on any atom is -0.474 e. The van der Waals surface area contributed by atoms with Crippen LogP contribution in [0.1, 0.15) is 5.56 Å². The monoisotopic (exact) mass is 348 g/mol. The number of hydrogen-bond donors (Lipinski definition) is 0. The predicted molar refractivity (Wildman–Crippen MR) is 81.4 cm³/mol. The zero-order chi connectivity index (χ0) is 14.7. The zero-order valence-corrected chi connectivity index (χ0v) is 12.7. The summed E-state index contributed by atoms with van der Waals surface area (Å²) in [7, 11) is 0. The van der Waals surface area contributed by atoms with E-state index >= 15 is 0 Å². The highest BCUT2D eigenvalue weighted by atomic mass is 79.9. The Bertz CT molecular complexity index is 649. The van der Waals surface area contributed by atoms with Gasteiger partial charge >= 0.3 is 6.09 Å². The smallest absolute Gasteiger partial charge is 0.414 e. The number of pyridine rings is 1. The van der Waals surface area contributed by atoms with Crippen molar-refractivity contribution in [3.05, 3.63) is 52.6 Å². The van der Waals surface area contributed by atoms with Crippen molar-refractivity contribution in [2.45, 2.75) is 6.61 Å². The van der Waals surface area contributed by atoms with Gasteiger partial charge in [0.25, 0.3) is 0 Å². The SMILES string of the molecule is O=C(OCc1ccccc1)N1CCOc2ncc(Br)cc21. The molecule has 0 spiro atoms. The zero-order valence-electron chi connectivity index (χ0n) is 11.2. The third kappa shape index (κ3) is 3.16. The molecule has 5 nitrogen and oxygen atoms in total. The van der Waals surface area contributed by atoms with Gasteiger partial charge in [-0.3, -0.25) is 4.90 Å². The molecule has 0 atom stereocenters. The largest absolute Gasteiger partial charge is 0.474 e. The molecule has 1 aromatic heterocycles. The molecule has 1 aliphatic rings. The molecule has 0 N–H and O–H groups in total. The number of carbonyl (C=O) groups excluding carboxylic acids is 1. The molecule has 1 aromatic carbocycles. The maximum Gasteiger partial charge on any atom is 0.414 e. The number of aromatic nitrogens is 1. The highest BCUT2D eigenvalue weighted by Gasteiger charge is 2.26. The Labute approximate surface area is 130 Å². The maximum absolute atomic E-state index is 12.3. The van der Waals surface area contributed by atoms with Crippen LogP contribution in [0.4, 0.5) is 10.5 Å². The molecular weight excluding hydrogens is 336 g/mol. The summed E-state index contributed by atoms with van der Waals surface area (Å²) in [6, 6.07) is 11.4. The lowest BCUT2D eigenvalue weighted by atomic mass is 10.2. The van der Waals surface area contributed by atoms with Gasteiger partial charge in [-0.05, 0) is 27.6 Å². The van der Waals surface area contributed by atoms with Crippen LogP contribution in [0.25, 0.3) is 0 Å². The summed E-state index contributed by atoms with van der Waals surface area (Å²) < 4.78 is 11.6. The van der Waals surface area contributed by atoms with Gasteiger partial charge < -0.3 is 9.47 Å². The lowest BCUT2D eigenvalue weighted by Gasteiger charge is -2.27. The van der Waals surface area contributed by atoms with E-state index in [1.165, 1.54) is 0 Å². The normalized spacial score (nSPS) is 13.3. The number of hydrogen-bond acceptors (Lipinski definition) is 4. The van der Waals surface area contributed by atoms with Crippen molar-refractivity contribution in [1.29, 1.82) is 0 Å². The fourth-order valence-corrected chi connectivity index (χ4v) is 2.38. The van der Waals surface area contributed by atoms with Gasteiger partial charge in [-0.1, -0.05) is 30.3 Å². The number of benzene rings is 1. The van der Waals surface area contributed by atoms with E-state index in [-0.39, 0.29) is 6.61 Å². The molecule has 1 aliphatic heterocycles. The van der Waals surface area contributed by atoms with Gasteiger partial charge in [-0.15, -0.1) is 0 Å². The highest BCUT2D eigenvalue weighted by molar-refractivity contribution is 9.10. The molecule has 0 radical (unpaired) electrons. The predicted octanol–water partition coefficient (Wildman–Crippen LogP) is 3.38. The number of amides is 1. The first-order valence-electron chi connectivity index (χ1n) is 6.50. The topological polar surface area (TPSA) is 51.7 Å². The van der Waals surface area contributed by atoms with Crippen molar-refractivity contribution < 1.29 is 14.3 Å². The van der Waals surface area contributed by atoms with E-state index in [1.807, 2.05) is 30.3 Å². The Hall–Kier alpha value is -2.08. The number of carbonyl (C=O) groups is 1. The fourth-order valence-electron chi connectivity index (χ4n) is 2.06. The number of halogens is 1. The molecule has 0 aliphatic carbocycles. The van der Waals surface area contributed by atoms with Crippen LogP contribution in [0, 0.1) is 0 Å². The van der Waals surface area contributed by atoms with E-state index in [0.717, 1.165) is 10.0 Å². The van der Waals surface area contributed by atoms with E-state index < -0.39 is 6.09 Å². The second kappa shape index (κ2) is 6.13. The Balaban J connectivity index is 1.73. The van der Waals surface area contributed by atoms with Crippen LogP contribution in [-0.2, 0) is 11.3 Å². The molecule has 0 saturated carbocycles. The second-order valence-corrected chi connectivity index (χ2v) is 5.43. The molecule has 0 unspecified atom stereocenters. The van der Waals surface area contributed by atoms with E-state index in [0.29, 0.717) is 24.7 Å². The fraction of sp³-hybridized carbons (Fsp3) is 0.200. The van der Waals surface area contributed by atoms with Gasteiger partial charge in [0.1, 0.15) is 18.9 Å². The van der Waals surface area contributed by atoms with Crippen LogP contribution in [0.15, 0.2) is 47.1 Å². The first-order valence-corrected chi connectivity index (χ1v) is 7.30. The van der Waals surface area contributed by atoms with Crippen molar-refractivity contribution in [1.82, 2.24) is 4.98 Å². The molecule has 108 valence electrons. The van der Waals surface area contributed by atoms with Crippen molar-refractivity contribution in [2.75, 3.05) is 18.1 Å². The number of rotatable bonds is 2. The van der Waals surface area contributed by atoms with Crippen molar-refractivity contribution in [3.8, 4) is 5.88 Å². The van der Waals surface area contributed by atoms with Crippen LogP contribution >= 0.6 is 15.9 Å². The molecule has 1 amide bonds. The molecule has 21 heavy (non-hydrogen) atoms. The van der Waals surface area contributed by atoms with E-state index in [2.05, 4.69) is 20.9 Å². The van der Waals surface area contributed by atoms with Crippen LogP contribution in [0.3, 0.4) is 0 Å². The quantitative estimate of drug-likeness (QED) is 0.834. The molecule has 2 aromatic rings. The average molecular weight is 349 g/mol. The van der Waals surface area contributed by atoms with E-state index in [9.17, 15) is 4.79 Å². The van der Waals surface area contributed by atoms with Crippen molar-refractivity contribution in [3.63, 3.8) is 0 Å². The molecule has 0 fully saturated rings. The molecular formula is C15H13BrN2O3. The summed E-state index contributed by atoms with van der Waals surface area (Å²) in [5.41, 5.74) is 1.57. The van der Waals surface area contributed by atoms with Crippen molar-refractivity contribution >= 4 is 27.7 Å². The number of ether oxygens (including phenoxy) is 2. The van der Waals surface area contributed by atoms with E-state index in [4.69, 9.17) is 9.47 Å². The number of anilines is 1. The van der Waals surface area contributed by atoms with Crippen LogP contribution in [0.2, 0.25) is 0 Å². The highest BCUT2D eigenvalue weighted by Crippen LogP contribution is 2.32. The maximum atomic E-state index is 12.3. The Kier molecular flexibility index (Phi) is 4.06. The molecule has 0 bridgehead atoms. The lowest BCUT2D eigenvalue weighted by Crippen LogP contribution is -2.38. The van der Waals surface area contributed by atoms with Gasteiger partial charge in [0.05, 0.1) is 6.54 Å². The first kappa shape index (κ1) is 13.9. The first-order chi connectivity index (χ1) is 10.2. The Morgan fingerprint density at radius 3 is 3.00 bits per heavy atom. The standard InChI is InChI=1S/C15H13BrN2O3/c16-12-8-13-14(17-9-12)20-7-6-18(13)15(19)21-10-11-4-2-1-3-5-11/h1-5,8-9H,6-7,10H2. The average Bonchev–Trinajstić information content (AvgIpc) is 2.53. The summed E-state index contributed by atoms with van der Waals surface area (Å²) in [6.07, 6.45) is 1.24. The Morgan fingerprint density at radius 2 is 2.19 bits per heavy atom. The third-order valence-electron chi connectivity index (χ3n) is 3.07. The summed E-state index contributed by atoms with van der Waals surface area (Å²) >= 11 is 3.35. The molecule has 3 rings (SSSR count). The van der Waals surface area contributed by atoms with Crippen LogP contribution in [0.5, 0.6) is 5.88 Å². The number of nitrogens with zero attached hydrogens (tertiary/aromatic N) is 2. The summed E-state index contributed by atoms with van der Waals surface area (Å²) in [4.78, 5) is 17.9. The van der Waals surface area contributed by atoms with Gasteiger partial charge in [0.2, 0.25) is 5.88 Å². The lowest BCUT2D eigenvalue weighted by molar-refractivity contribution is 0.143. The van der Waals surface area contributed by atoms with Crippen LogP contribution in [-0.4, -0.2) is 24.2 Å². The Morgan fingerprint density at radius 1 is 1.38 bits per heavy atom. The third-order valence-corrected chi connectivity index (χ3v) is 3.50. The van der Waals surface area contributed by atoms with Crippen molar-refractivity contribution in [2.24, 2.45) is 0 Å². The minimum atomic E-state index is -0.400. The van der Waals surface area contributed by atoms with Gasteiger partial charge in [-0.2, -0.15) is 0 Å². The summed E-state index contributed by atoms with van der Waals surface area (Å²) in [6.45, 7) is 1.09. The van der Waals surface area contributed by atoms with Gasteiger partial charge in [0, 0.05) is 10.7 Å². The van der Waals surface area contributed by atoms with E-state index in [1.54, 1.807) is 17.2 Å². The summed E-state index contributed by atoms with van der Waals surface area (Å²) in [5.74, 6) is 0.445. The minimum absolute atomic E-state index is 0.244. The van der Waals surface area contributed by atoms with Gasteiger partial charge in [-0.25, -0.2) is 9.78 Å².